The number of aromatic nitrogens is 3. The minimum atomic E-state index is -0.567. The highest BCUT2D eigenvalue weighted by molar-refractivity contribution is 6.31. The predicted octanol–water partition coefficient (Wildman–Crippen LogP) is 2.38. The smallest absolute Gasteiger partial charge is 0.283 e. The van der Waals surface area contributed by atoms with Gasteiger partial charge in [-0.15, -0.1) is 22.6 Å². The molecule has 0 radical (unpaired) electrons. The third-order valence-electron chi connectivity index (χ3n) is 5.19. The Morgan fingerprint density at radius 3 is 2.71 bits per heavy atom. The fourth-order valence-corrected chi connectivity index (χ4v) is 3.93. The van der Waals surface area contributed by atoms with Gasteiger partial charge < -0.3 is 14.8 Å². The van der Waals surface area contributed by atoms with E-state index < -0.39 is 4.92 Å². The van der Waals surface area contributed by atoms with Crippen LogP contribution in [0.5, 0.6) is 0 Å². The second kappa shape index (κ2) is 8.42. The molecule has 0 saturated carbocycles. The lowest BCUT2D eigenvalue weighted by Gasteiger charge is -2.32. The summed E-state index contributed by atoms with van der Waals surface area (Å²) < 4.78 is 2.17. The number of piperidine rings is 1. The highest BCUT2D eigenvalue weighted by atomic mass is 35.5. The number of nitro groups is 1. The van der Waals surface area contributed by atoms with Crippen LogP contribution >= 0.6 is 24.0 Å². The van der Waals surface area contributed by atoms with Gasteiger partial charge in [-0.25, -0.2) is 0 Å². The lowest BCUT2D eigenvalue weighted by Crippen LogP contribution is -2.39. The molecule has 0 bridgehead atoms. The zero-order valence-corrected chi connectivity index (χ0v) is 16.6. The van der Waals surface area contributed by atoms with Crippen LogP contribution in [0.2, 0.25) is 5.02 Å². The number of benzene rings is 1. The maximum Gasteiger partial charge on any atom is 0.283 e. The molecule has 0 aliphatic carbocycles. The van der Waals surface area contributed by atoms with Crippen molar-refractivity contribution in [2.24, 2.45) is 0 Å². The van der Waals surface area contributed by atoms with Crippen molar-refractivity contribution in [1.29, 1.82) is 0 Å². The first-order chi connectivity index (χ1) is 13.0. The van der Waals surface area contributed by atoms with E-state index in [2.05, 4.69) is 20.1 Å². The summed E-state index contributed by atoms with van der Waals surface area (Å²) >= 11 is 5.84. The van der Waals surface area contributed by atoms with Crippen LogP contribution in [0.15, 0.2) is 18.2 Å². The molecule has 3 heterocycles. The Bertz CT molecular complexity index is 895. The maximum atomic E-state index is 12.8. The average Bonchev–Trinajstić information content (AvgIpc) is 3.11. The Labute approximate surface area is 172 Å². The molecule has 1 aromatic heterocycles. The molecule has 0 atom stereocenters. The summed E-state index contributed by atoms with van der Waals surface area (Å²) in [5, 5.41) is 23.4. The molecule has 11 heteroatoms. The largest absolute Gasteiger partial charge is 0.338 e. The molecular formula is C17H20Cl2N6O3. The van der Waals surface area contributed by atoms with E-state index in [0.29, 0.717) is 13.1 Å². The molecule has 4 rings (SSSR count). The van der Waals surface area contributed by atoms with Gasteiger partial charge in [0.25, 0.3) is 11.6 Å². The maximum absolute atomic E-state index is 12.8. The van der Waals surface area contributed by atoms with Gasteiger partial charge in [0.05, 0.1) is 11.5 Å². The van der Waals surface area contributed by atoms with Gasteiger partial charge in [-0.2, -0.15) is 0 Å². The van der Waals surface area contributed by atoms with Crippen molar-refractivity contribution in [3.8, 4) is 0 Å². The Hall–Kier alpha value is -2.23. The van der Waals surface area contributed by atoms with E-state index in [1.807, 2.05) is 0 Å². The first-order valence-electron chi connectivity index (χ1n) is 8.90. The summed E-state index contributed by atoms with van der Waals surface area (Å²) in [4.78, 5) is 25.2. The standard InChI is InChI=1S/C17H19ClN6O3.ClH/c18-12-1-2-13(14(9-12)24(26)27)17(25)22-6-3-11(4-7-22)16-21-20-15-10-19-5-8-23(15)16;/h1-2,9,11,19H,3-8,10H2;1H. The van der Waals surface area contributed by atoms with Crippen molar-refractivity contribution < 1.29 is 9.72 Å². The Morgan fingerprint density at radius 1 is 1.25 bits per heavy atom. The fourth-order valence-electron chi connectivity index (χ4n) is 3.76. The quantitative estimate of drug-likeness (QED) is 0.596. The van der Waals surface area contributed by atoms with Crippen molar-refractivity contribution in [3.63, 3.8) is 0 Å². The zero-order chi connectivity index (χ0) is 19.0. The van der Waals surface area contributed by atoms with Crippen LogP contribution in [0.1, 0.15) is 40.8 Å². The second-order valence-corrected chi connectivity index (χ2v) is 7.22. The highest BCUT2D eigenvalue weighted by Crippen LogP contribution is 2.30. The Morgan fingerprint density at radius 2 is 2.00 bits per heavy atom. The highest BCUT2D eigenvalue weighted by Gasteiger charge is 2.31. The van der Waals surface area contributed by atoms with Gasteiger partial charge in [-0.05, 0) is 25.0 Å². The molecule has 0 spiro atoms. The lowest BCUT2D eigenvalue weighted by molar-refractivity contribution is -0.385. The van der Waals surface area contributed by atoms with Crippen LogP contribution in [0, 0.1) is 10.1 Å². The van der Waals surface area contributed by atoms with Crippen LogP contribution < -0.4 is 5.32 Å². The third kappa shape index (κ3) is 3.82. The van der Waals surface area contributed by atoms with Gasteiger partial charge in [-0.1, -0.05) is 11.6 Å². The summed E-state index contributed by atoms with van der Waals surface area (Å²) in [5.41, 5.74) is -0.178. The number of nitrogens with zero attached hydrogens (tertiary/aromatic N) is 5. The first kappa shape index (κ1) is 20.5. The van der Waals surface area contributed by atoms with Crippen molar-refractivity contribution in [1.82, 2.24) is 25.0 Å². The molecule has 2 aromatic rings. The molecule has 0 unspecified atom stereocenters. The van der Waals surface area contributed by atoms with Crippen LogP contribution in [0.3, 0.4) is 0 Å². The summed E-state index contributed by atoms with van der Waals surface area (Å²) in [5.74, 6) is 1.85. The lowest BCUT2D eigenvalue weighted by atomic mass is 9.95. The molecule has 1 aromatic carbocycles. The van der Waals surface area contributed by atoms with E-state index in [1.165, 1.54) is 18.2 Å². The number of amides is 1. The van der Waals surface area contributed by atoms with Crippen molar-refractivity contribution in [2.75, 3.05) is 19.6 Å². The minimum Gasteiger partial charge on any atom is -0.338 e. The second-order valence-electron chi connectivity index (χ2n) is 6.79. The zero-order valence-electron chi connectivity index (χ0n) is 15.0. The number of rotatable bonds is 3. The predicted molar refractivity (Wildman–Crippen MR) is 105 cm³/mol. The average molecular weight is 427 g/mol. The monoisotopic (exact) mass is 426 g/mol. The Kier molecular flexibility index (Phi) is 6.17. The summed E-state index contributed by atoms with van der Waals surface area (Å²) in [6.07, 6.45) is 1.53. The van der Waals surface area contributed by atoms with Crippen LogP contribution in [-0.4, -0.2) is 50.1 Å². The van der Waals surface area contributed by atoms with Gasteiger partial charge in [0.2, 0.25) is 0 Å². The number of likely N-dealkylation sites (tertiary alicyclic amines) is 1. The number of halogens is 2. The van der Waals surface area contributed by atoms with Crippen LogP contribution in [0.25, 0.3) is 0 Å². The molecule has 1 N–H and O–H groups in total. The number of carbonyl (C=O) groups is 1. The molecular weight excluding hydrogens is 407 g/mol. The van der Waals surface area contributed by atoms with Gasteiger partial charge >= 0.3 is 0 Å². The van der Waals surface area contributed by atoms with Gasteiger partial charge in [0.1, 0.15) is 17.2 Å². The number of hydrogen-bond donors (Lipinski definition) is 1. The van der Waals surface area contributed by atoms with E-state index in [9.17, 15) is 14.9 Å². The number of carbonyl (C=O) groups excluding carboxylic acids is 1. The van der Waals surface area contributed by atoms with Gasteiger partial charge in [-0.3, -0.25) is 14.9 Å². The molecule has 2 aliphatic rings. The van der Waals surface area contributed by atoms with E-state index in [1.54, 1.807) is 4.90 Å². The number of nitro benzene ring substituents is 1. The summed E-state index contributed by atoms with van der Waals surface area (Å²) in [7, 11) is 0. The number of hydrogen-bond acceptors (Lipinski definition) is 6. The molecule has 28 heavy (non-hydrogen) atoms. The molecule has 1 amide bonds. The van der Waals surface area contributed by atoms with Crippen molar-refractivity contribution in [2.45, 2.75) is 31.8 Å². The summed E-state index contributed by atoms with van der Waals surface area (Å²) in [6, 6.07) is 4.15. The van der Waals surface area contributed by atoms with Crippen molar-refractivity contribution in [3.05, 3.63) is 50.5 Å². The normalized spacial score (nSPS) is 17.0. The third-order valence-corrected chi connectivity index (χ3v) is 5.42. The molecule has 1 saturated heterocycles. The molecule has 9 nitrogen and oxygen atoms in total. The van der Waals surface area contributed by atoms with Crippen molar-refractivity contribution >= 4 is 35.6 Å². The van der Waals surface area contributed by atoms with Crippen LogP contribution in [0.4, 0.5) is 5.69 Å². The SMILES string of the molecule is Cl.O=C(c1ccc(Cl)cc1[N+](=O)[O-])N1CCC(c2nnc3n2CCNC3)CC1. The fraction of sp³-hybridized carbons (Fsp3) is 0.471. The Balaban J connectivity index is 0.00000225. The van der Waals surface area contributed by atoms with Crippen LogP contribution in [-0.2, 0) is 13.1 Å². The first-order valence-corrected chi connectivity index (χ1v) is 9.28. The minimum absolute atomic E-state index is 0. The molecule has 150 valence electrons. The summed E-state index contributed by atoms with van der Waals surface area (Å²) in [6.45, 7) is 3.54. The number of nitrogens with one attached hydrogen (secondary N) is 1. The number of fused-ring (bicyclic) bond motifs is 1. The van der Waals surface area contributed by atoms with E-state index >= 15 is 0 Å². The van der Waals surface area contributed by atoms with Gasteiger partial charge in [0, 0.05) is 43.2 Å². The molecule has 1 fully saturated rings. The van der Waals surface area contributed by atoms with E-state index in [-0.39, 0.29) is 40.5 Å². The van der Waals surface area contributed by atoms with E-state index in [4.69, 9.17) is 11.6 Å². The molecule has 2 aliphatic heterocycles. The van der Waals surface area contributed by atoms with E-state index in [0.717, 1.165) is 44.1 Å². The van der Waals surface area contributed by atoms with Gasteiger partial charge in [0.15, 0.2) is 0 Å². The topological polar surface area (TPSA) is 106 Å².